The molecular formula is C9H14ClNO4S2. The molecule has 5 nitrogen and oxygen atoms in total. The number of sulfone groups is 1. The summed E-state index contributed by atoms with van der Waals surface area (Å²) in [6.45, 7) is -0.112. The number of terminal acetylenes is 1. The summed E-state index contributed by atoms with van der Waals surface area (Å²) >= 11 is 5.42. The number of sulfonamides is 1. The van der Waals surface area contributed by atoms with Gasteiger partial charge in [-0.1, -0.05) is 5.92 Å². The molecule has 1 saturated heterocycles. The van der Waals surface area contributed by atoms with E-state index in [2.05, 4.69) is 5.92 Å². The molecule has 0 bridgehead atoms. The zero-order chi connectivity index (χ0) is 13.1. The summed E-state index contributed by atoms with van der Waals surface area (Å²) in [5.41, 5.74) is 0. The van der Waals surface area contributed by atoms with Crippen LogP contribution in [0.1, 0.15) is 6.42 Å². The van der Waals surface area contributed by atoms with Gasteiger partial charge in [-0.05, 0) is 6.42 Å². The van der Waals surface area contributed by atoms with Gasteiger partial charge < -0.3 is 0 Å². The maximum Gasteiger partial charge on any atom is 0.216 e. The highest BCUT2D eigenvalue weighted by atomic mass is 35.5. The zero-order valence-electron chi connectivity index (χ0n) is 9.17. The van der Waals surface area contributed by atoms with Crippen molar-refractivity contribution < 1.29 is 16.8 Å². The largest absolute Gasteiger partial charge is 0.229 e. The maximum absolute atomic E-state index is 11.9. The van der Waals surface area contributed by atoms with Crippen molar-refractivity contribution in [1.29, 1.82) is 0 Å². The van der Waals surface area contributed by atoms with E-state index in [1.807, 2.05) is 0 Å². The molecule has 0 amide bonds. The van der Waals surface area contributed by atoms with Crippen molar-refractivity contribution in [2.24, 2.45) is 0 Å². The third kappa shape index (κ3) is 3.85. The minimum Gasteiger partial charge on any atom is -0.229 e. The van der Waals surface area contributed by atoms with Crippen molar-refractivity contribution in [3.8, 4) is 12.3 Å². The summed E-state index contributed by atoms with van der Waals surface area (Å²) in [5, 5.41) is 0. The molecule has 1 aliphatic rings. The molecule has 1 heterocycles. The van der Waals surface area contributed by atoms with Crippen molar-refractivity contribution >= 4 is 31.5 Å². The summed E-state index contributed by atoms with van der Waals surface area (Å²) in [6, 6.07) is -0.552. The molecule has 0 spiro atoms. The average molecular weight is 300 g/mol. The van der Waals surface area contributed by atoms with Crippen LogP contribution in [-0.2, 0) is 19.9 Å². The lowest BCUT2D eigenvalue weighted by molar-refractivity contribution is 0.372. The van der Waals surface area contributed by atoms with Crippen LogP contribution in [0, 0.1) is 12.3 Å². The van der Waals surface area contributed by atoms with E-state index in [0.717, 1.165) is 4.31 Å². The molecule has 1 unspecified atom stereocenters. The van der Waals surface area contributed by atoms with Crippen LogP contribution in [0.3, 0.4) is 0 Å². The standard InChI is InChI=1S/C9H14ClNO4S2/c1-2-5-11(17(14,15)7-4-10)9-3-6-16(12,13)8-9/h1,9H,3-8H2. The summed E-state index contributed by atoms with van der Waals surface area (Å²) in [4.78, 5) is 0. The van der Waals surface area contributed by atoms with E-state index in [1.165, 1.54) is 0 Å². The minimum atomic E-state index is -3.57. The lowest BCUT2D eigenvalue weighted by Crippen LogP contribution is -2.42. The van der Waals surface area contributed by atoms with Gasteiger partial charge in [-0.2, -0.15) is 4.31 Å². The van der Waals surface area contributed by atoms with Gasteiger partial charge in [-0.15, -0.1) is 18.0 Å². The van der Waals surface area contributed by atoms with Crippen LogP contribution in [0.4, 0.5) is 0 Å². The van der Waals surface area contributed by atoms with Crippen LogP contribution in [0.15, 0.2) is 0 Å². The van der Waals surface area contributed by atoms with Crippen LogP contribution in [0.5, 0.6) is 0 Å². The Labute approximate surface area is 107 Å². The first kappa shape index (κ1) is 14.8. The Morgan fingerprint density at radius 1 is 1.47 bits per heavy atom. The summed E-state index contributed by atoms with van der Waals surface area (Å²) in [7, 11) is -6.72. The van der Waals surface area contributed by atoms with Gasteiger partial charge in [0.15, 0.2) is 9.84 Å². The van der Waals surface area contributed by atoms with Crippen LogP contribution in [0.25, 0.3) is 0 Å². The second-order valence-corrected chi connectivity index (χ2v) is 8.46. The third-order valence-electron chi connectivity index (χ3n) is 2.56. The molecule has 0 N–H and O–H groups in total. The fourth-order valence-corrected chi connectivity index (χ4v) is 5.51. The molecule has 0 radical (unpaired) electrons. The van der Waals surface area contributed by atoms with Crippen molar-refractivity contribution in [2.75, 3.05) is 29.7 Å². The first-order valence-corrected chi connectivity index (χ1v) is 8.98. The Kier molecular flexibility index (Phi) is 4.84. The number of alkyl halides is 1. The molecule has 0 aliphatic carbocycles. The predicted octanol–water partition coefficient (Wildman–Crippen LogP) is -0.323. The Hall–Kier alpha value is -0.290. The monoisotopic (exact) mass is 299 g/mol. The first-order valence-electron chi connectivity index (χ1n) is 5.02. The van der Waals surface area contributed by atoms with Gasteiger partial charge in [0.2, 0.25) is 10.0 Å². The highest BCUT2D eigenvalue weighted by molar-refractivity contribution is 7.92. The molecule has 0 aromatic heterocycles. The lowest BCUT2D eigenvalue weighted by atomic mass is 10.3. The van der Waals surface area contributed by atoms with Gasteiger partial charge in [0.1, 0.15) is 0 Å². The van der Waals surface area contributed by atoms with E-state index in [9.17, 15) is 16.8 Å². The summed E-state index contributed by atoms with van der Waals surface area (Å²) in [6.07, 6.45) is 5.42. The van der Waals surface area contributed by atoms with Crippen molar-refractivity contribution in [1.82, 2.24) is 4.31 Å². The Morgan fingerprint density at radius 3 is 2.53 bits per heavy atom. The number of halogens is 1. The van der Waals surface area contributed by atoms with E-state index >= 15 is 0 Å². The normalized spacial score (nSPS) is 23.7. The van der Waals surface area contributed by atoms with Crippen LogP contribution in [0.2, 0.25) is 0 Å². The molecule has 0 saturated carbocycles. The number of rotatable bonds is 5. The fourth-order valence-electron chi connectivity index (χ4n) is 1.76. The van der Waals surface area contributed by atoms with E-state index in [4.69, 9.17) is 18.0 Å². The van der Waals surface area contributed by atoms with Crippen LogP contribution >= 0.6 is 11.6 Å². The molecule has 0 aromatic rings. The summed E-state index contributed by atoms with van der Waals surface area (Å²) in [5.74, 6) is 1.83. The molecule has 0 aromatic carbocycles. The van der Waals surface area contributed by atoms with Gasteiger partial charge in [-0.3, -0.25) is 0 Å². The first-order chi connectivity index (χ1) is 7.82. The molecule has 1 aliphatic heterocycles. The van der Waals surface area contributed by atoms with Crippen LogP contribution in [-0.4, -0.2) is 56.9 Å². The van der Waals surface area contributed by atoms with Gasteiger partial charge >= 0.3 is 0 Å². The summed E-state index contributed by atoms with van der Waals surface area (Å²) < 4.78 is 47.5. The minimum absolute atomic E-state index is 0.00906. The quantitative estimate of drug-likeness (QED) is 0.515. The Bertz CT molecular complexity index is 506. The highest BCUT2D eigenvalue weighted by Crippen LogP contribution is 2.20. The second-order valence-electron chi connectivity index (χ2n) is 3.81. The maximum atomic E-state index is 11.9. The number of hydrogen-bond acceptors (Lipinski definition) is 4. The molecule has 98 valence electrons. The molecule has 1 atom stereocenters. The predicted molar refractivity (Wildman–Crippen MR) is 67.1 cm³/mol. The lowest BCUT2D eigenvalue weighted by Gasteiger charge is -2.24. The Morgan fingerprint density at radius 2 is 2.12 bits per heavy atom. The second kappa shape index (κ2) is 5.57. The highest BCUT2D eigenvalue weighted by Gasteiger charge is 2.37. The van der Waals surface area contributed by atoms with E-state index in [-0.39, 0.29) is 29.7 Å². The fraction of sp³-hybridized carbons (Fsp3) is 0.778. The molecule has 17 heavy (non-hydrogen) atoms. The van der Waals surface area contributed by atoms with Gasteiger partial charge in [0.05, 0.1) is 23.8 Å². The van der Waals surface area contributed by atoms with Crippen molar-refractivity contribution in [3.63, 3.8) is 0 Å². The van der Waals surface area contributed by atoms with Gasteiger partial charge in [0, 0.05) is 11.9 Å². The van der Waals surface area contributed by atoms with E-state index in [0.29, 0.717) is 6.42 Å². The van der Waals surface area contributed by atoms with E-state index < -0.39 is 25.9 Å². The average Bonchev–Trinajstić information content (AvgIpc) is 2.54. The topological polar surface area (TPSA) is 71.5 Å². The molecular weight excluding hydrogens is 286 g/mol. The van der Waals surface area contributed by atoms with E-state index in [1.54, 1.807) is 0 Å². The SMILES string of the molecule is C#CCN(C1CCS(=O)(=O)C1)S(=O)(=O)CCCl. The molecule has 1 fully saturated rings. The smallest absolute Gasteiger partial charge is 0.216 e. The number of nitrogens with zero attached hydrogens (tertiary/aromatic N) is 1. The van der Waals surface area contributed by atoms with Crippen LogP contribution < -0.4 is 0 Å². The van der Waals surface area contributed by atoms with Crippen molar-refractivity contribution in [3.05, 3.63) is 0 Å². The van der Waals surface area contributed by atoms with Gasteiger partial charge in [0.25, 0.3) is 0 Å². The van der Waals surface area contributed by atoms with Crippen molar-refractivity contribution in [2.45, 2.75) is 12.5 Å². The Balaban J connectivity index is 2.92. The van der Waals surface area contributed by atoms with Gasteiger partial charge in [-0.25, -0.2) is 16.8 Å². The molecule has 1 rings (SSSR count). The third-order valence-corrected chi connectivity index (χ3v) is 6.58. The number of hydrogen-bond donors (Lipinski definition) is 0. The zero-order valence-corrected chi connectivity index (χ0v) is 11.6. The molecule has 8 heteroatoms.